The minimum Gasteiger partial charge on any atom is -0.106 e. The van der Waals surface area contributed by atoms with Gasteiger partial charge in [0.1, 0.15) is 0 Å². The van der Waals surface area contributed by atoms with Gasteiger partial charge < -0.3 is 0 Å². The van der Waals surface area contributed by atoms with Crippen molar-refractivity contribution in [3.8, 4) is 0 Å². The molecule has 0 radical (unpaired) electrons. The molecule has 0 aliphatic carbocycles. The van der Waals surface area contributed by atoms with Crippen molar-refractivity contribution in [3.63, 3.8) is 0 Å². The molecule has 0 aromatic carbocycles. The number of hydrogen-bond donors (Lipinski definition) is 0. The smallest absolute Gasteiger partial charge is 0.0279 e. The first-order valence-corrected chi connectivity index (χ1v) is 5.73. The van der Waals surface area contributed by atoms with E-state index in [-0.39, 0.29) is 0 Å². The summed E-state index contributed by atoms with van der Waals surface area (Å²) in [5.74, 6) is 0. The molecule has 0 aromatic rings. The van der Waals surface area contributed by atoms with E-state index in [1.165, 1.54) is 0 Å². The molecule has 0 aromatic heterocycles. The van der Waals surface area contributed by atoms with Crippen LogP contribution in [0, 0.1) is 0 Å². The lowest BCUT2D eigenvalue weighted by atomic mass is 10.1. The lowest BCUT2D eigenvalue weighted by molar-refractivity contribution is 1.13. The Bertz CT molecular complexity index is 149. The normalized spacial score (nSPS) is 7.73. The second-order valence-electron chi connectivity index (χ2n) is 1.91. The highest BCUT2D eigenvalue weighted by Crippen LogP contribution is 2.10. The number of allylic oxidation sites excluding steroid dienone is 4. The third-order valence-corrected chi connectivity index (χ3v) is 1.37. The Hall–Kier alpha value is -1.04. The molecule has 90 valence electrons. The monoisotopic (exact) mass is 210 g/mol. The lowest BCUT2D eigenvalue weighted by Crippen LogP contribution is -1.79. The molecule has 0 fully saturated rings. The molecule has 0 unspecified atom stereocenters. The summed E-state index contributed by atoms with van der Waals surface area (Å²) < 4.78 is 0. The standard InChI is InChI=1S/C9H14.2C2H6.C2H4/c1-5-8(4)9(6-2)7-3;3*1-2/h6-7H,2,4-5H2,1,3H3;2*1-2H3;1-2H2/b9-7+;;;. The summed E-state index contributed by atoms with van der Waals surface area (Å²) in [6.45, 7) is 25.6. The SMILES string of the molecule is C=C.C=C/C(=C\C)C(=C)CC.CC.CC. The van der Waals surface area contributed by atoms with Gasteiger partial charge in [0.25, 0.3) is 0 Å². The average molecular weight is 210 g/mol. The highest BCUT2D eigenvalue weighted by atomic mass is 14.0. The van der Waals surface area contributed by atoms with Gasteiger partial charge in [-0.15, -0.1) is 13.2 Å². The van der Waals surface area contributed by atoms with Gasteiger partial charge in [0, 0.05) is 0 Å². The molecule has 0 heterocycles. The summed E-state index contributed by atoms with van der Waals surface area (Å²) >= 11 is 0. The highest BCUT2D eigenvalue weighted by Gasteiger charge is 1.90. The molecule has 0 nitrogen and oxygen atoms in total. The average Bonchev–Trinajstić information content (AvgIpc) is 2.37. The van der Waals surface area contributed by atoms with Crippen LogP contribution in [0.3, 0.4) is 0 Å². The lowest BCUT2D eigenvalue weighted by Gasteiger charge is -1.99. The van der Waals surface area contributed by atoms with E-state index >= 15 is 0 Å². The van der Waals surface area contributed by atoms with Gasteiger partial charge in [-0.05, 0) is 24.5 Å². The second-order valence-corrected chi connectivity index (χ2v) is 1.91. The molecule has 15 heavy (non-hydrogen) atoms. The zero-order valence-electron chi connectivity index (χ0n) is 11.7. The van der Waals surface area contributed by atoms with Crippen LogP contribution in [-0.2, 0) is 0 Å². The fourth-order valence-corrected chi connectivity index (χ4v) is 0.670. The summed E-state index contributed by atoms with van der Waals surface area (Å²) in [5.41, 5.74) is 2.32. The highest BCUT2D eigenvalue weighted by molar-refractivity contribution is 5.35. The molecule has 0 bridgehead atoms. The van der Waals surface area contributed by atoms with E-state index in [0.717, 1.165) is 17.6 Å². The molecular formula is C15H30. The zero-order valence-corrected chi connectivity index (χ0v) is 11.7. The minimum atomic E-state index is 1.01. The van der Waals surface area contributed by atoms with Crippen LogP contribution in [0.4, 0.5) is 0 Å². The fourth-order valence-electron chi connectivity index (χ4n) is 0.670. The van der Waals surface area contributed by atoms with Gasteiger partial charge in [0.05, 0.1) is 0 Å². The molecule has 0 rings (SSSR count). The van der Waals surface area contributed by atoms with Gasteiger partial charge in [0.2, 0.25) is 0 Å². The Morgan fingerprint density at radius 2 is 1.40 bits per heavy atom. The maximum atomic E-state index is 3.88. The van der Waals surface area contributed by atoms with Crippen molar-refractivity contribution < 1.29 is 0 Å². The van der Waals surface area contributed by atoms with Crippen LogP contribution in [0.5, 0.6) is 0 Å². The van der Waals surface area contributed by atoms with E-state index < -0.39 is 0 Å². The van der Waals surface area contributed by atoms with Crippen LogP contribution < -0.4 is 0 Å². The molecule has 0 saturated carbocycles. The maximum absolute atomic E-state index is 3.88. The molecular weight excluding hydrogens is 180 g/mol. The van der Waals surface area contributed by atoms with Crippen molar-refractivity contribution in [1.82, 2.24) is 0 Å². The molecule has 0 spiro atoms. The maximum Gasteiger partial charge on any atom is -0.0279 e. The van der Waals surface area contributed by atoms with Crippen LogP contribution >= 0.6 is 0 Å². The Kier molecular flexibility index (Phi) is 46.1. The zero-order chi connectivity index (χ0) is 13.3. The van der Waals surface area contributed by atoms with E-state index in [4.69, 9.17) is 0 Å². The van der Waals surface area contributed by atoms with Gasteiger partial charge >= 0.3 is 0 Å². The first-order chi connectivity index (χ1) is 7.26. The molecule has 0 atom stereocenters. The predicted molar refractivity (Wildman–Crippen MR) is 77.3 cm³/mol. The van der Waals surface area contributed by atoms with E-state index in [2.05, 4.69) is 33.2 Å². The number of hydrogen-bond acceptors (Lipinski definition) is 0. The molecule has 0 saturated heterocycles. The van der Waals surface area contributed by atoms with Crippen LogP contribution in [0.1, 0.15) is 48.0 Å². The van der Waals surface area contributed by atoms with E-state index in [1.807, 2.05) is 46.8 Å². The molecule has 0 amide bonds. The summed E-state index contributed by atoms with van der Waals surface area (Å²) in [6.07, 6.45) is 4.87. The molecule has 0 heteroatoms. The third kappa shape index (κ3) is 19.4. The summed E-state index contributed by atoms with van der Waals surface area (Å²) in [4.78, 5) is 0. The molecule has 0 aliphatic rings. The van der Waals surface area contributed by atoms with E-state index in [0.29, 0.717) is 0 Å². The molecule has 0 aliphatic heterocycles. The van der Waals surface area contributed by atoms with E-state index in [9.17, 15) is 0 Å². The summed E-state index contributed by atoms with van der Waals surface area (Å²) in [6, 6.07) is 0. The molecule has 0 N–H and O–H groups in total. The van der Waals surface area contributed by atoms with Crippen LogP contribution in [0.2, 0.25) is 0 Å². The summed E-state index contributed by atoms with van der Waals surface area (Å²) in [5, 5.41) is 0. The van der Waals surface area contributed by atoms with Gasteiger partial charge in [-0.25, -0.2) is 0 Å². The largest absolute Gasteiger partial charge is 0.106 e. The van der Waals surface area contributed by atoms with Crippen LogP contribution in [0.15, 0.2) is 49.6 Å². The Morgan fingerprint density at radius 3 is 1.47 bits per heavy atom. The van der Waals surface area contributed by atoms with Crippen molar-refractivity contribution in [2.24, 2.45) is 0 Å². The van der Waals surface area contributed by atoms with Crippen LogP contribution in [-0.4, -0.2) is 0 Å². The second kappa shape index (κ2) is 29.3. The predicted octanol–water partition coefficient (Wildman–Crippen LogP) is 5.94. The van der Waals surface area contributed by atoms with Gasteiger partial charge in [-0.2, -0.15) is 0 Å². The van der Waals surface area contributed by atoms with Crippen molar-refractivity contribution in [1.29, 1.82) is 0 Å². The van der Waals surface area contributed by atoms with Crippen molar-refractivity contribution in [2.45, 2.75) is 48.0 Å². The van der Waals surface area contributed by atoms with Crippen molar-refractivity contribution in [3.05, 3.63) is 49.6 Å². The van der Waals surface area contributed by atoms with Crippen LogP contribution in [0.25, 0.3) is 0 Å². The van der Waals surface area contributed by atoms with Gasteiger partial charge in [-0.3, -0.25) is 0 Å². The first-order valence-electron chi connectivity index (χ1n) is 5.73. The van der Waals surface area contributed by atoms with Crippen molar-refractivity contribution >= 4 is 0 Å². The Morgan fingerprint density at radius 1 is 1.07 bits per heavy atom. The topological polar surface area (TPSA) is 0 Å². The van der Waals surface area contributed by atoms with Gasteiger partial charge in [0.15, 0.2) is 0 Å². The minimum absolute atomic E-state index is 1.01. The fraction of sp³-hybridized carbons (Fsp3) is 0.467. The van der Waals surface area contributed by atoms with Crippen molar-refractivity contribution in [2.75, 3.05) is 0 Å². The first kappa shape index (κ1) is 23.6. The van der Waals surface area contributed by atoms with E-state index in [1.54, 1.807) is 0 Å². The Balaban J connectivity index is -0.0000000860. The Labute approximate surface area is 98.1 Å². The quantitative estimate of drug-likeness (QED) is 0.399. The summed E-state index contributed by atoms with van der Waals surface area (Å²) in [7, 11) is 0. The third-order valence-electron chi connectivity index (χ3n) is 1.37. The van der Waals surface area contributed by atoms with Gasteiger partial charge in [-0.1, -0.05) is 59.9 Å². The number of rotatable bonds is 3.